The van der Waals surface area contributed by atoms with Crippen LogP contribution < -0.4 is 0 Å². The summed E-state index contributed by atoms with van der Waals surface area (Å²) in [6, 6.07) is 20.8. The van der Waals surface area contributed by atoms with E-state index in [1.807, 2.05) is 36.4 Å². The lowest BCUT2D eigenvalue weighted by molar-refractivity contribution is 0.244. The van der Waals surface area contributed by atoms with Crippen molar-refractivity contribution in [2.75, 3.05) is 26.2 Å². The lowest BCUT2D eigenvalue weighted by Gasteiger charge is -2.44. The van der Waals surface area contributed by atoms with Crippen LogP contribution in [0.1, 0.15) is 36.8 Å². The zero-order valence-electron chi connectivity index (χ0n) is 15.0. The van der Waals surface area contributed by atoms with Crippen LogP contribution in [0.4, 0.5) is 0 Å². The third-order valence-electron chi connectivity index (χ3n) is 5.83. The first-order chi connectivity index (χ1) is 12.6. The van der Waals surface area contributed by atoms with E-state index in [1.165, 1.54) is 11.1 Å². The van der Waals surface area contributed by atoms with Crippen molar-refractivity contribution in [3.8, 4) is 0 Å². The Balaban J connectivity index is 1.75. The predicted molar refractivity (Wildman–Crippen MR) is 104 cm³/mol. The van der Waals surface area contributed by atoms with E-state index in [0.29, 0.717) is 26.2 Å². The molecule has 0 saturated carbocycles. The van der Waals surface area contributed by atoms with Gasteiger partial charge in [-0.3, -0.25) is 0 Å². The van der Waals surface area contributed by atoms with Crippen molar-refractivity contribution >= 4 is 10.2 Å². The fraction of sp³-hybridized carbons (Fsp3) is 0.429. The summed E-state index contributed by atoms with van der Waals surface area (Å²) in [5, 5.41) is 0. The van der Waals surface area contributed by atoms with Gasteiger partial charge in [0.05, 0.1) is 0 Å². The molecule has 2 aromatic rings. The standard InChI is InChI=1S/C21H26N2O2S/c24-26(25,22-15-7-8-16-22)23-17-9-14-21(18-23,19-10-3-1-4-11-19)20-12-5-2-6-13-20/h1-6,10-13H,7-9,14-18H2. The molecule has 2 saturated heterocycles. The summed E-state index contributed by atoms with van der Waals surface area (Å²) in [5.41, 5.74) is 2.12. The minimum Gasteiger partial charge on any atom is -0.195 e. The van der Waals surface area contributed by atoms with Crippen LogP contribution in [-0.4, -0.2) is 43.2 Å². The molecule has 4 nitrogen and oxygen atoms in total. The number of hydrogen-bond donors (Lipinski definition) is 0. The average Bonchev–Trinajstić information content (AvgIpc) is 3.25. The van der Waals surface area contributed by atoms with Crippen LogP contribution in [0.25, 0.3) is 0 Å². The molecule has 0 radical (unpaired) electrons. The Morgan fingerprint density at radius 1 is 0.692 bits per heavy atom. The molecular weight excluding hydrogens is 344 g/mol. The van der Waals surface area contributed by atoms with Gasteiger partial charge in [0.2, 0.25) is 0 Å². The number of nitrogens with zero attached hydrogens (tertiary/aromatic N) is 2. The normalized spacial score (nSPS) is 21.7. The van der Waals surface area contributed by atoms with Crippen molar-refractivity contribution in [2.45, 2.75) is 31.1 Å². The number of hydrogen-bond acceptors (Lipinski definition) is 2. The van der Waals surface area contributed by atoms with Gasteiger partial charge in [0.25, 0.3) is 10.2 Å². The minimum atomic E-state index is -3.38. The average molecular weight is 371 g/mol. The molecule has 2 aliphatic heterocycles. The molecule has 138 valence electrons. The van der Waals surface area contributed by atoms with Crippen molar-refractivity contribution in [3.63, 3.8) is 0 Å². The van der Waals surface area contributed by atoms with Crippen LogP contribution in [0.15, 0.2) is 60.7 Å². The first kappa shape index (κ1) is 17.7. The van der Waals surface area contributed by atoms with Gasteiger partial charge < -0.3 is 0 Å². The van der Waals surface area contributed by atoms with Crippen molar-refractivity contribution in [1.82, 2.24) is 8.61 Å². The van der Waals surface area contributed by atoms with Crippen LogP contribution in [0.2, 0.25) is 0 Å². The smallest absolute Gasteiger partial charge is 0.195 e. The molecule has 0 spiro atoms. The van der Waals surface area contributed by atoms with Crippen molar-refractivity contribution in [2.24, 2.45) is 0 Å². The molecule has 0 unspecified atom stereocenters. The van der Waals surface area contributed by atoms with Gasteiger partial charge in [0.15, 0.2) is 0 Å². The Morgan fingerprint density at radius 2 is 1.19 bits per heavy atom. The molecule has 2 aromatic carbocycles. The fourth-order valence-corrected chi connectivity index (χ4v) is 6.24. The van der Waals surface area contributed by atoms with Gasteiger partial charge in [0.1, 0.15) is 0 Å². The Kier molecular flexibility index (Phi) is 4.86. The van der Waals surface area contributed by atoms with E-state index in [0.717, 1.165) is 25.7 Å². The number of rotatable bonds is 4. The van der Waals surface area contributed by atoms with E-state index < -0.39 is 10.2 Å². The maximum Gasteiger partial charge on any atom is 0.282 e. The molecule has 4 rings (SSSR count). The lowest BCUT2D eigenvalue weighted by Crippen LogP contribution is -2.52. The van der Waals surface area contributed by atoms with Crippen LogP contribution in [0.3, 0.4) is 0 Å². The highest BCUT2D eigenvalue weighted by atomic mass is 32.2. The summed E-state index contributed by atoms with van der Waals surface area (Å²) < 4.78 is 29.8. The molecule has 26 heavy (non-hydrogen) atoms. The first-order valence-electron chi connectivity index (χ1n) is 9.49. The van der Waals surface area contributed by atoms with Gasteiger partial charge in [0, 0.05) is 31.6 Å². The Morgan fingerprint density at radius 3 is 1.73 bits per heavy atom. The zero-order chi connectivity index (χ0) is 18.0. The fourth-order valence-electron chi connectivity index (χ4n) is 4.45. The van der Waals surface area contributed by atoms with E-state index in [9.17, 15) is 8.42 Å². The Labute approximate surface area is 156 Å². The molecular formula is C21H26N2O2S. The molecule has 2 aliphatic rings. The number of piperidine rings is 1. The van der Waals surface area contributed by atoms with E-state index >= 15 is 0 Å². The van der Waals surface area contributed by atoms with Gasteiger partial charge in [-0.25, -0.2) is 0 Å². The topological polar surface area (TPSA) is 40.6 Å². The van der Waals surface area contributed by atoms with Gasteiger partial charge in [-0.2, -0.15) is 17.0 Å². The van der Waals surface area contributed by atoms with E-state index in [2.05, 4.69) is 24.3 Å². The summed E-state index contributed by atoms with van der Waals surface area (Å²) in [4.78, 5) is 0. The second-order valence-electron chi connectivity index (χ2n) is 7.37. The van der Waals surface area contributed by atoms with Gasteiger partial charge in [-0.15, -0.1) is 0 Å². The van der Waals surface area contributed by atoms with E-state index in [4.69, 9.17) is 0 Å². The van der Waals surface area contributed by atoms with Gasteiger partial charge >= 0.3 is 0 Å². The third kappa shape index (κ3) is 3.08. The first-order valence-corrected chi connectivity index (χ1v) is 10.9. The molecule has 2 heterocycles. The highest BCUT2D eigenvalue weighted by Crippen LogP contribution is 2.41. The molecule has 0 aromatic heterocycles. The summed E-state index contributed by atoms with van der Waals surface area (Å²) in [7, 11) is -3.38. The zero-order valence-corrected chi connectivity index (χ0v) is 15.9. The van der Waals surface area contributed by atoms with Gasteiger partial charge in [-0.05, 0) is 36.8 Å². The van der Waals surface area contributed by atoms with Gasteiger partial charge in [-0.1, -0.05) is 60.7 Å². The highest BCUT2D eigenvalue weighted by molar-refractivity contribution is 7.86. The van der Waals surface area contributed by atoms with Crippen LogP contribution in [-0.2, 0) is 15.6 Å². The predicted octanol–water partition coefficient (Wildman–Crippen LogP) is 3.41. The molecule has 2 fully saturated rings. The van der Waals surface area contributed by atoms with Crippen LogP contribution >= 0.6 is 0 Å². The molecule has 0 atom stereocenters. The van der Waals surface area contributed by atoms with Crippen LogP contribution in [0.5, 0.6) is 0 Å². The Bertz CT molecular complexity index is 791. The monoisotopic (exact) mass is 370 g/mol. The Hall–Kier alpha value is -1.69. The molecule has 0 aliphatic carbocycles. The molecule has 0 N–H and O–H groups in total. The largest absolute Gasteiger partial charge is 0.282 e. The van der Waals surface area contributed by atoms with Crippen molar-refractivity contribution < 1.29 is 8.42 Å². The lowest BCUT2D eigenvalue weighted by atomic mass is 9.70. The minimum absolute atomic E-state index is 0.284. The summed E-state index contributed by atoms with van der Waals surface area (Å²) >= 11 is 0. The van der Waals surface area contributed by atoms with Crippen molar-refractivity contribution in [1.29, 1.82) is 0 Å². The quantitative estimate of drug-likeness (QED) is 0.827. The third-order valence-corrected chi connectivity index (χ3v) is 7.81. The van der Waals surface area contributed by atoms with Crippen LogP contribution in [0, 0.1) is 0 Å². The summed E-state index contributed by atoms with van der Waals surface area (Å²) in [5.74, 6) is 0. The van der Waals surface area contributed by atoms with E-state index in [1.54, 1.807) is 8.61 Å². The maximum absolute atomic E-state index is 13.2. The maximum atomic E-state index is 13.2. The summed E-state index contributed by atoms with van der Waals surface area (Å²) in [6.07, 6.45) is 3.77. The second kappa shape index (κ2) is 7.14. The number of benzene rings is 2. The second-order valence-corrected chi connectivity index (χ2v) is 9.29. The molecule has 5 heteroatoms. The molecule has 0 bridgehead atoms. The van der Waals surface area contributed by atoms with E-state index in [-0.39, 0.29) is 5.41 Å². The molecule has 0 amide bonds. The highest BCUT2D eigenvalue weighted by Gasteiger charge is 2.43. The SMILES string of the molecule is O=S(=O)(N1CCCC1)N1CCCC(c2ccccc2)(c2ccccc2)C1. The summed E-state index contributed by atoms with van der Waals surface area (Å²) in [6.45, 7) is 2.44. The van der Waals surface area contributed by atoms with Crippen molar-refractivity contribution in [3.05, 3.63) is 71.8 Å².